The van der Waals surface area contributed by atoms with Crippen LogP contribution in [0.1, 0.15) is 38.4 Å². The van der Waals surface area contributed by atoms with E-state index in [4.69, 9.17) is 9.15 Å². The molecule has 0 spiro atoms. The highest BCUT2D eigenvalue weighted by Crippen LogP contribution is 2.40. The normalized spacial score (nSPS) is 14.8. The van der Waals surface area contributed by atoms with Gasteiger partial charge in [-0.05, 0) is 75.7 Å². The predicted octanol–water partition coefficient (Wildman–Crippen LogP) is 4.15. The number of furan rings is 1. The average molecular weight is 572 g/mol. The number of carbonyl (C=O) groups excluding carboxylic acids is 2. The van der Waals surface area contributed by atoms with Crippen LogP contribution in [-0.4, -0.2) is 48.1 Å². The van der Waals surface area contributed by atoms with Crippen LogP contribution in [0.2, 0.25) is 0 Å². The molecular weight excluding hydrogens is 534 g/mol. The van der Waals surface area contributed by atoms with Crippen molar-refractivity contribution >= 4 is 34.2 Å². The maximum absolute atomic E-state index is 13.1. The van der Waals surface area contributed by atoms with Crippen LogP contribution >= 0.6 is 0 Å². The lowest BCUT2D eigenvalue weighted by Crippen LogP contribution is -2.47. The summed E-state index contributed by atoms with van der Waals surface area (Å²) in [5.74, 6) is 0.209. The van der Waals surface area contributed by atoms with Crippen molar-refractivity contribution in [1.29, 1.82) is 0 Å². The first-order valence-corrected chi connectivity index (χ1v) is 14.3. The molecule has 2 amide bonds. The van der Waals surface area contributed by atoms with Gasteiger partial charge >= 0.3 is 0 Å². The summed E-state index contributed by atoms with van der Waals surface area (Å²) in [6, 6.07) is 13.1. The van der Waals surface area contributed by atoms with Crippen LogP contribution in [0.3, 0.4) is 0 Å². The van der Waals surface area contributed by atoms with Crippen molar-refractivity contribution in [3.8, 4) is 5.75 Å². The molecule has 0 fully saturated rings. The summed E-state index contributed by atoms with van der Waals surface area (Å²) in [6.45, 7) is 8.22. The number of nitrogens with zero attached hydrogens (tertiary/aromatic N) is 4. The number of ether oxygens (including phenoxy) is 1. The number of fused-ring (bicyclic) bond motifs is 2. The maximum Gasteiger partial charge on any atom is 0.261 e. The van der Waals surface area contributed by atoms with E-state index < -0.39 is 5.41 Å². The van der Waals surface area contributed by atoms with E-state index in [-0.39, 0.29) is 17.4 Å². The molecule has 3 aromatic heterocycles. The largest absolute Gasteiger partial charge is 0.493 e. The molecule has 0 atom stereocenters. The van der Waals surface area contributed by atoms with Crippen LogP contribution in [-0.2, 0) is 29.1 Å². The number of hydrogen-bond acceptors (Lipinski definition) is 7. The van der Waals surface area contributed by atoms with Crippen molar-refractivity contribution in [2.45, 2.75) is 46.7 Å². The number of amides is 2. The smallest absolute Gasteiger partial charge is 0.261 e. The van der Waals surface area contributed by atoms with E-state index >= 15 is 0 Å². The number of carbonyl (C=O) groups is 2. The summed E-state index contributed by atoms with van der Waals surface area (Å²) < 4.78 is 13.0. The Kier molecular flexibility index (Phi) is 8.44. The number of hydrogen-bond donors (Lipinski definition) is 1. The van der Waals surface area contributed by atoms with E-state index in [1.807, 2.05) is 37.3 Å². The molecule has 42 heavy (non-hydrogen) atoms. The Morgan fingerprint density at radius 1 is 1.02 bits per heavy atom. The summed E-state index contributed by atoms with van der Waals surface area (Å²) >= 11 is 0. The molecule has 4 aromatic rings. The van der Waals surface area contributed by atoms with E-state index in [0.717, 1.165) is 24.2 Å². The molecule has 1 aliphatic rings. The predicted molar refractivity (Wildman–Crippen MR) is 162 cm³/mol. The molecule has 10 nitrogen and oxygen atoms in total. The SMILES string of the molecule is CCN1C(=O)C(C)(C)C(=O)N(C)c2cc(OCCCNCc3ccnc(CCn4ccc5occc5c4=O)c3)ccc21. The third kappa shape index (κ3) is 5.80. The highest BCUT2D eigenvalue weighted by Gasteiger charge is 2.45. The van der Waals surface area contributed by atoms with Gasteiger partial charge in [-0.1, -0.05) is 0 Å². The Morgan fingerprint density at radius 3 is 2.67 bits per heavy atom. The average Bonchev–Trinajstić information content (AvgIpc) is 3.47. The highest BCUT2D eigenvalue weighted by atomic mass is 16.5. The molecule has 0 aliphatic carbocycles. The third-order valence-electron chi connectivity index (χ3n) is 7.71. The molecular formula is C32H37N5O5. The topological polar surface area (TPSA) is 110 Å². The first-order chi connectivity index (χ1) is 20.2. The summed E-state index contributed by atoms with van der Waals surface area (Å²) in [6.07, 6.45) is 6.52. The lowest BCUT2D eigenvalue weighted by Gasteiger charge is -2.27. The lowest BCUT2D eigenvalue weighted by atomic mass is 9.90. The zero-order valence-electron chi connectivity index (χ0n) is 24.6. The quantitative estimate of drug-likeness (QED) is 0.213. The number of aromatic nitrogens is 2. The second-order valence-electron chi connectivity index (χ2n) is 11.0. The van der Waals surface area contributed by atoms with Gasteiger partial charge in [0, 0.05) is 57.3 Å². The van der Waals surface area contributed by atoms with Crippen molar-refractivity contribution in [3.63, 3.8) is 0 Å². The minimum Gasteiger partial charge on any atom is -0.493 e. The fourth-order valence-electron chi connectivity index (χ4n) is 5.28. The van der Waals surface area contributed by atoms with Crippen LogP contribution in [0, 0.1) is 5.41 Å². The molecule has 220 valence electrons. The van der Waals surface area contributed by atoms with Crippen molar-refractivity contribution < 1.29 is 18.7 Å². The van der Waals surface area contributed by atoms with Gasteiger partial charge in [0.2, 0.25) is 11.8 Å². The van der Waals surface area contributed by atoms with E-state index in [2.05, 4.69) is 16.4 Å². The fourth-order valence-corrected chi connectivity index (χ4v) is 5.28. The van der Waals surface area contributed by atoms with Gasteiger partial charge in [0.05, 0.1) is 29.6 Å². The summed E-state index contributed by atoms with van der Waals surface area (Å²) in [7, 11) is 1.70. The van der Waals surface area contributed by atoms with Gasteiger partial charge in [0.15, 0.2) is 0 Å². The van der Waals surface area contributed by atoms with Crippen molar-refractivity contribution in [1.82, 2.24) is 14.9 Å². The fraction of sp³-hybridized carbons (Fsp3) is 0.375. The third-order valence-corrected chi connectivity index (χ3v) is 7.71. The molecule has 0 bridgehead atoms. The molecule has 0 radical (unpaired) electrons. The van der Waals surface area contributed by atoms with E-state index in [1.54, 1.807) is 53.7 Å². The maximum atomic E-state index is 13.1. The molecule has 10 heteroatoms. The van der Waals surface area contributed by atoms with Crippen LogP contribution in [0.5, 0.6) is 5.75 Å². The molecule has 1 N–H and O–H groups in total. The van der Waals surface area contributed by atoms with E-state index in [9.17, 15) is 14.4 Å². The minimum absolute atomic E-state index is 0.0605. The molecule has 4 heterocycles. The lowest BCUT2D eigenvalue weighted by molar-refractivity contribution is -0.137. The molecule has 1 aliphatic heterocycles. The Bertz CT molecular complexity index is 1660. The van der Waals surface area contributed by atoms with Gasteiger partial charge in [-0.2, -0.15) is 0 Å². The van der Waals surface area contributed by atoms with Gasteiger partial charge in [0.25, 0.3) is 5.56 Å². The monoisotopic (exact) mass is 571 g/mol. The number of rotatable bonds is 11. The Hall–Kier alpha value is -4.44. The number of pyridine rings is 2. The summed E-state index contributed by atoms with van der Waals surface area (Å²) in [4.78, 5) is 46.4. The summed E-state index contributed by atoms with van der Waals surface area (Å²) in [5.41, 5.74) is 2.82. The molecule has 5 rings (SSSR count). The van der Waals surface area contributed by atoms with Crippen molar-refractivity contribution in [2.75, 3.05) is 36.5 Å². The van der Waals surface area contributed by atoms with Gasteiger partial charge < -0.3 is 28.8 Å². The molecule has 1 aromatic carbocycles. The van der Waals surface area contributed by atoms with Gasteiger partial charge in [-0.25, -0.2) is 0 Å². The number of nitrogens with one attached hydrogen (secondary N) is 1. The number of anilines is 2. The second kappa shape index (κ2) is 12.2. The minimum atomic E-state index is -1.14. The molecule has 0 saturated heterocycles. The van der Waals surface area contributed by atoms with Crippen LogP contribution in [0.4, 0.5) is 11.4 Å². The van der Waals surface area contributed by atoms with E-state index in [0.29, 0.717) is 60.8 Å². The zero-order chi connectivity index (χ0) is 29.9. The second-order valence-corrected chi connectivity index (χ2v) is 11.0. The van der Waals surface area contributed by atoms with Gasteiger partial charge in [0.1, 0.15) is 16.7 Å². The zero-order valence-corrected chi connectivity index (χ0v) is 24.6. The van der Waals surface area contributed by atoms with Crippen LogP contribution in [0.25, 0.3) is 11.0 Å². The summed E-state index contributed by atoms with van der Waals surface area (Å²) in [5, 5.41) is 4.03. The standard InChI is InChI=1S/C32H37N5O5/c1-5-37-26-8-7-24(20-27(26)35(4)30(39)32(2,3)31(37)40)41-17-6-13-33-21-22-9-14-34-23(19-22)10-15-36-16-11-28-25(29(36)38)12-18-42-28/h7-9,11-12,14,16,18-20,33H,5-6,10,13,15,17,21H2,1-4H3. The number of benzene rings is 1. The Labute approximate surface area is 244 Å². The van der Waals surface area contributed by atoms with E-state index in [1.165, 1.54) is 6.26 Å². The first-order valence-electron chi connectivity index (χ1n) is 14.3. The molecule has 0 saturated carbocycles. The van der Waals surface area contributed by atoms with Gasteiger partial charge in [-0.3, -0.25) is 19.4 Å². The molecule has 0 unspecified atom stereocenters. The van der Waals surface area contributed by atoms with Gasteiger partial charge in [-0.15, -0.1) is 0 Å². The van der Waals surface area contributed by atoms with Crippen LogP contribution in [0.15, 0.2) is 70.3 Å². The first kappa shape index (κ1) is 29.1. The highest BCUT2D eigenvalue weighted by molar-refractivity contribution is 6.20. The van der Waals surface area contributed by atoms with Crippen molar-refractivity contribution in [2.24, 2.45) is 5.41 Å². The number of aryl methyl sites for hydroxylation is 2. The Balaban J connectivity index is 1.10. The van der Waals surface area contributed by atoms with Crippen LogP contribution < -0.4 is 25.4 Å². The van der Waals surface area contributed by atoms with Crippen molar-refractivity contribution in [3.05, 3.63) is 82.7 Å². The Morgan fingerprint density at radius 2 is 1.86 bits per heavy atom.